The van der Waals surface area contributed by atoms with Gasteiger partial charge in [0, 0.05) is 48.0 Å². The Morgan fingerprint density at radius 2 is 1.70 bits per heavy atom. The molecule has 16 heteroatoms. The molecule has 3 amide bonds. The van der Waals surface area contributed by atoms with Gasteiger partial charge in [0.2, 0.25) is 17.8 Å². The van der Waals surface area contributed by atoms with Crippen LogP contribution in [-0.4, -0.2) is 81.0 Å². The Bertz CT molecular complexity index is 1970. The number of halogens is 2. The number of carbonyl (C=O) groups is 3. The fourth-order valence-corrected chi connectivity index (χ4v) is 8.59. The summed E-state index contributed by atoms with van der Waals surface area (Å²) in [4.78, 5) is 54.2. The molecule has 1 saturated heterocycles. The molecule has 2 aromatic carbocycles. The molecule has 0 aliphatic carbocycles. The van der Waals surface area contributed by atoms with Gasteiger partial charge in [-0.15, -0.1) is 0 Å². The molecule has 2 aliphatic heterocycles. The van der Waals surface area contributed by atoms with E-state index in [0.29, 0.717) is 12.1 Å². The van der Waals surface area contributed by atoms with Gasteiger partial charge in [-0.3, -0.25) is 19.0 Å². The summed E-state index contributed by atoms with van der Waals surface area (Å²) >= 11 is 12.6. The van der Waals surface area contributed by atoms with Crippen molar-refractivity contribution in [3.05, 3.63) is 83.0 Å². The van der Waals surface area contributed by atoms with Gasteiger partial charge in [-0.1, -0.05) is 47.5 Å². The van der Waals surface area contributed by atoms with Gasteiger partial charge in [0.15, 0.2) is 5.03 Å². The topological polar surface area (TPSA) is 165 Å². The number of likely N-dealkylation sites (N-methyl/N-ethyl adjacent to an activating group) is 1. The number of amides is 3. The summed E-state index contributed by atoms with van der Waals surface area (Å²) in [7, 11) is -3.01. The molecule has 2 atom stereocenters. The number of hydrogen-bond donors (Lipinski definition) is 1. The minimum atomic E-state index is -4.40. The van der Waals surface area contributed by atoms with E-state index in [-0.39, 0.29) is 47.0 Å². The van der Waals surface area contributed by atoms with Crippen LogP contribution in [0.5, 0.6) is 0 Å². The summed E-state index contributed by atoms with van der Waals surface area (Å²) in [6, 6.07) is 11.0. The molecular weight excluding hydrogens is 667 g/mol. The van der Waals surface area contributed by atoms with Crippen LogP contribution in [0.25, 0.3) is 11.1 Å². The molecule has 47 heavy (non-hydrogen) atoms. The highest BCUT2D eigenvalue weighted by atomic mass is 35.5. The molecule has 244 valence electrons. The minimum Gasteiger partial charge on any atom is -0.368 e. The summed E-state index contributed by atoms with van der Waals surface area (Å²) in [6.45, 7) is 1.36. The van der Waals surface area contributed by atoms with E-state index in [2.05, 4.69) is 15.0 Å². The predicted octanol–water partition coefficient (Wildman–Crippen LogP) is 3.38. The van der Waals surface area contributed by atoms with Crippen molar-refractivity contribution in [2.45, 2.75) is 42.8 Å². The molecule has 4 heterocycles. The standard InChI is InChI=1S/C31H30Cl2N8O5S/c1-31(13-19-5-7-20(8-6-19)21-14-35-18-36-15-21)29(44)40(24-11-22(32)10-23(33)12-24)30-37-16-27(41(30)31)47(45,46)39-9-3-4-25(39)28(43)38(2)17-26(34)42/h5-8,10-12,14-16,18,25H,3-4,9,13,17H2,1-2H3,(H2,34,42). The van der Waals surface area contributed by atoms with Crippen LogP contribution in [0.3, 0.4) is 0 Å². The average Bonchev–Trinajstić information content (AvgIpc) is 3.74. The monoisotopic (exact) mass is 696 g/mol. The van der Waals surface area contributed by atoms with E-state index in [0.717, 1.165) is 25.9 Å². The number of sulfonamides is 1. The first-order valence-electron chi connectivity index (χ1n) is 14.6. The van der Waals surface area contributed by atoms with Crippen LogP contribution in [0.1, 0.15) is 25.3 Å². The molecule has 0 bridgehead atoms. The van der Waals surface area contributed by atoms with E-state index in [1.54, 1.807) is 31.5 Å². The number of nitrogens with zero attached hydrogens (tertiary/aromatic N) is 7. The maximum absolute atomic E-state index is 14.5. The normalized spacial score (nSPS) is 19.6. The van der Waals surface area contributed by atoms with Gasteiger partial charge in [0.25, 0.3) is 15.9 Å². The number of imidazole rings is 1. The second-order valence-electron chi connectivity index (χ2n) is 11.7. The Labute approximate surface area is 281 Å². The second-order valence-corrected chi connectivity index (χ2v) is 14.4. The minimum absolute atomic E-state index is 0.0559. The first-order valence-corrected chi connectivity index (χ1v) is 16.8. The van der Waals surface area contributed by atoms with Crippen LogP contribution in [0.4, 0.5) is 11.6 Å². The van der Waals surface area contributed by atoms with E-state index >= 15 is 0 Å². The molecule has 2 unspecified atom stereocenters. The molecule has 2 N–H and O–H groups in total. The highest BCUT2D eigenvalue weighted by molar-refractivity contribution is 7.89. The quantitative estimate of drug-likeness (QED) is 0.278. The van der Waals surface area contributed by atoms with Crippen LogP contribution >= 0.6 is 23.2 Å². The molecule has 2 aliphatic rings. The highest BCUT2D eigenvalue weighted by Crippen LogP contribution is 2.45. The molecular formula is C31H30Cl2N8O5S. The fourth-order valence-electron chi connectivity index (χ4n) is 6.24. The molecule has 0 radical (unpaired) electrons. The van der Waals surface area contributed by atoms with Crippen LogP contribution in [0.2, 0.25) is 10.0 Å². The number of carbonyl (C=O) groups excluding carboxylic acids is 3. The molecule has 0 saturated carbocycles. The smallest absolute Gasteiger partial charge is 0.261 e. The van der Waals surface area contributed by atoms with Crippen molar-refractivity contribution in [2.24, 2.45) is 5.73 Å². The van der Waals surface area contributed by atoms with Crippen molar-refractivity contribution in [3.63, 3.8) is 0 Å². The van der Waals surface area contributed by atoms with Crippen molar-refractivity contribution >= 4 is 62.6 Å². The van der Waals surface area contributed by atoms with Gasteiger partial charge < -0.3 is 10.6 Å². The lowest BCUT2D eigenvalue weighted by Crippen LogP contribution is -2.49. The lowest BCUT2D eigenvalue weighted by Gasteiger charge is -2.30. The average molecular weight is 698 g/mol. The summed E-state index contributed by atoms with van der Waals surface area (Å²) in [5.74, 6) is -1.67. The summed E-state index contributed by atoms with van der Waals surface area (Å²) < 4.78 is 31.4. The maximum atomic E-state index is 14.5. The number of benzene rings is 2. The largest absolute Gasteiger partial charge is 0.368 e. The Balaban J connectivity index is 1.44. The number of nitrogens with two attached hydrogens (primary N) is 1. The van der Waals surface area contributed by atoms with Gasteiger partial charge in [-0.2, -0.15) is 4.31 Å². The van der Waals surface area contributed by atoms with E-state index in [9.17, 15) is 22.8 Å². The van der Waals surface area contributed by atoms with E-state index in [4.69, 9.17) is 28.9 Å². The third-order valence-corrected chi connectivity index (χ3v) is 10.7. The van der Waals surface area contributed by atoms with E-state index < -0.39 is 39.3 Å². The molecule has 13 nitrogen and oxygen atoms in total. The summed E-state index contributed by atoms with van der Waals surface area (Å²) in [5.41, 5.74) is 6.53. The predicted molar refractivity (Wildman–Crippen MR) is 174 cm³/mol. The Kier molecular flexibility index (Phi) is 8.55. The van der Waals surface area contributed by atoms with Crippen LogP contribution in [0.15, 0.2) is 72.4 Å². The van der Waals surface area contributed by atoms with Crippen molar-refractivity contribution in [2.75, 3.05) is 25.0 Å². The fraction of sp³-hybridized carbons (Fsp3) is 0.290. The van der Waals surface area contributed by atoms with Gasteiger partial charge in [-0.25, -0.2) is 28.3 Å². The molecule has 0 spiro atoms. The zero-order valence-electron chi connectivity index (χ0n) is 25.4. The number of primary amides is 1. The third kappa shape index (κ3) is 5.86. The zero-order valence-corrected chi connectivity index (χ0v) is 27.7. The lowest BCUT2D eigenvalue weighted by atomic mass is 9.91. The van der Waals surface area contributed by atoms with Crippen molar-refractivity contribution < 1.29 is 22.8 Å². The molecule has 1 fully saturated rings. The summed E-state index contributed by atoms with van der Waals surface area (Å²) in [6.07, 6.45) is 6.78. The SMILES string of the molecule is CN(CC(N)=O)C(=O)C1CCCN1S(=O)(=O)c1cnc2n1C(C)(Cc1ccc(-c3cncnc3)cc1)C(=O)N2c1cc(Cl)cc(Cl)c1. The van der Waals surface area contributed by atoms with Crippen LogP contribution in [-0.2, 0) is 36.4 Å². The summed E-state index contributed by atoms with van der Waals surface area (Å²) in [5, 5.41) is 0.298. The highest BCUT2D eigenvalue weighted by Gasteiger charge is 2.53. The maximum Gasteiger partial charge on any atom is 0.261 e. The van der Waals surface area contributed by atoms with Crippen molar-refractivity contribution in [1.29, 1.82) is 0 Å². The second kappa shape index (κ2) is 12.3. The van der Waals surface area contributed by atoms with Crippen LogP contribution in [0, 0.1) is 0 Å². The Morgan fingerprint density at radius 3 is 2.34 bits per heavy atom. The number of rotatable bonds is 9. The molecule has 2 aromatic heterocycles. The molecule has 4 aromatic rings. The van der Waals surface area contributed by atoms with Crippen molar-refractivity contribution in [3.8, 4) is 11.1 Å². The number of aromatic nitrogens is 4. The third-order valence-electron chi connectivity index (χ3n) is 8.40. The van der Waals surface area contributed by atoms with E-state index in [1.165, 1.54) is 35.1 Å². The van der Waals surface area contributed by atoms with Gasteiger partial charge in [0.05, 0.1) is 18.4 Å². The number of hydrogen-bond acceptors (Lipinski definition) is 8. The van der Waals surface area contributed by atoms with Gasteiger partial charge >= 0.3 is 0 Å². The first kappa shape index (κ1) is 32.6. The number of anilines is 2. The number of fused-ring (bicyclic) bond motifs is 1. The van der Waals surface area contributed by atoms with E-state index in [1.807, 2.05) is 24.3 Å². The lowest BCUT2D eigenvalue weighted by molar-refractivity contribution is -0.136. The first-order chi connectivity index (χ1) is 22.3. The van der Waals surface area contributed by atoms with Crippen LogP contribution < -0.4 is 10.6 Å². The van der Waals surface area contributed by atoms with Crippen molar-refractivity contribution in [1.82, 2.24) is 28.7 Å². The van der Waals surface area contributed by atoms with Gasteiger partial charge in [-0.05, 0) is 49.1 Å². The Hall–Kier alpha value is -4.37. The Morgan fingerprint density at radius 1 is 1.04 bits per heavy atom. The van der Waals surface area contributed by atoms with Gasteiger partial charge in [0.1, 0.15) is 17.9 Å². The zero-order chi connectivity index (χ0) is 33.7. The molecule has 6 rings (SSSR count).